The molecule has 0 N–H and O–H groups in total. The first-order chi connectivity index (χ1) is 2.73. The van der Waals surface area contributed by atoms with Crippen LogP contribution in [0.5, 0.6) is 0 Å². The van der Waals surface area contributed by atoms with Crippen molar-refractivity contribution in [2.75, 3.05) is 0 Å². The third-order valence-electron chi connectivity index (χ3n) is 0. The molecule has 0 radical (unpaired) electrons. The van der Waals surface area contributed by atoms with Crippen molar-refractivity contribution in [1.29, 1.82) is 0 Å². The summed E-state index contributed by atoms with van der Waals surface area (Å²) in [6.07, 6.45) is 0. The van der Waals surface area contributed by atoms with E-state index in [4.69, 9.17) is 9.69 Å². The normalized spacial score (nSPS) is 5.33. The van der Waals surface area contributed by atoms with Gasteiger partial charge in [0.15, 0.2) is 0 Å². The van der Waals surface area contributed by atoms with Crippen LogP contribution in [0, 0.1) is 6.92 Å². The van der Waals surface area contributed by atoms with Gasteiger partial charge in [-0.15, -0.1) is 0 Å². The van der Waals surface area contributed by atoms with Crippen molar-refractivity contribution in [1.82, 2.24) is 0 Å². The standard InChI is InChI=1S/C4H7.ClH.Zn/c1-4(2)3;;/h1-2H2,3H3;1H;/q-1;;+2/p-1. The molecule has 0 aliphatic rings. The molecule has 0 aliphatic carbocycles. The molecule has 0 saturated heterocycles. The fourth-order valence-electron chi connectivity index (χ4n) is 0. The maximum atomic E-state index is 4.76. The fraction of sp³-hybridized carbons (Fsp3) is 0.250. The maximum absolute atomic E-state index is 4.76. The third-order valence-corrected chi connectivity index (χ3v) is 0. The van der Waals surface area contributed by atoms with Crippen LogP contribution in [0.4, 0.5) is 0 Å². The molecule has 6 heavy (non-hydrogen) atoms. The Labute approximate surface area is 53.3 Å². The zero-order chi connectivity index (χ0) is 5.58. The van der Waals surface area contributed by atoms with Crippen molar-refractivity contribution in [3.05, 3.63) is 19.1 Å². The van der Waals surface area contributed by atoms with Gasteiger partial charge in [-0.2, -0.15) is 0 Å². The van der Waals surface area contributed by atoms with E-state index < -0.39 is 0 Å². The van der Waals surface area contributed by atoms with Gasteiger partial charge in [-0.05, 0) is 0 Å². The summed E-state index contributed by atoms with van der Waals surface area (Å²) in [5.74, 6) is 0. The summed E-state index contributed by atoms with van der Waals surface area (Å²) < 4.78 is 0. The van der Waals surface area contributed by atoms with Gasteiger partial charge in [-0.1, -0.05) is 6.92 Å². The van der Waals surface area contributed by atoms with Crippen LogP contribution in [0.1, 0.15) is 6.92 Å². The molecular weight excluding hydrogens is 149 g/mol. The Balaban J connectivity index is 0. The van der Waals surface area contributed by atoms with Gasteiger partial charge in [-0.3, -0.25) is 0 Å². The quantitative estimate of drug-likeness (QED) is 0.372. The number of hydrogen-bond acceptors (Lipinski definition) is 0. The van der Waals surface area contributed by atoms with Crippen LogP contribution in [-0.2, 0) is 17.3 Å². The predicted octanol–water partition coefficient (Wildman–Crippen LogP) is 2.08. The van der Waals surface area contributed by atoms with E-state index >= 15 is 0 Å². The number of rotatable bonds is 0. The second kappa shape index (κ2) is 9.10. The monoisotopic (exact) mass is 154 g/mol. The van der Waals surface area contributed by atoms with E-state index in [9.17, 15) is 0 Å². The zero-order valence-electron chi connectivity index (χ0n) is 4.00. The second-order valence-electron chi connectivity index (χ2n) is 0.957. The molecule has 0 heterocycles. The fourth-order valence-corrected chi connectivity index (χ4v) is 0. The van der Waals surface area contributed by atoms with Gasteiger partial charge in [0.2, 0.25) is 0 Å². The van der Waals surface area contributed by atoms with E-state index in [0.29, 0.717) is 0 Å². The second-order valence-corrected chi connectivity index (χ2v) is 0.957. The van der Waals surface area contributed by atoms with Gasteiger partial charge in [0.05, 0.1) is 0 Å². The van der Waals surface area contributed by atoms with Crippen LogP contribution in [0.25, 0.3) is 0 Å². The van der Waals surface area contributed by atoms with Gasteiger partial charge < -0.3 is 0 Å². The third kappa shape index (κ3) is 205. The summed E-state index contributed by atoms with van der Waals surface area (Å²) in [6.45, 7) is 8.75. The molecule has 0 atom stereocenters. The average Bonchev–Trinajstić information content (AvgIpc) is 1.41. The molecule has 0 amide bonds. The topological polar surface area (TPSA) is 0 Å². The Bertz CT molecular complexity index is 30.5. The molecule has 0 nitrogen and oxygen atoms in total. The molecule has 0 fully saturated rings. The van der Waals surface area contributed by atoms with Gasteiger partial charge in [0.1, 0.15) is 0 Å². The molecule has 0 aromatic rings. The van der Waals surface area contributed by atoms with Crippen LogP contribution in [-0.4, -0.2) is 0 Å². The molecule has 0 aliphatic heterocycles. The van der Waals surface area contributed by atoms with Crippen molar-refractivity contribution in [3.8, 4) is 0 Å². The summed E-state index contributed by atoms with van der Waals surface area (Å²) >= 11 is 0.847. The summed E-state index contributed by atoms with van der Waals surface area (Å²) in [7, 11) is 4.76. The average molecular weight is 156 g/mol. The van der Waals surface area contributed by atoms with Crippen LogP contribution < -0.4 is 0 Å². The molecule has 0 aromatic carbocycles. The van der Waals surface area contributed by atoms with Crippen LogP contribution in [0.3, 0.4) is 0 Å². The van der Waals surface area contributed by atoms with E-state index in [1.807, 2.05) is 6.92 Å². The van der Waals surface area contributed by atoms with Crippen LogP contribution in [0.2, 0.25) is 0 Å². The minimum absolute atomic E-state index is 0.847. The van der Waals surface area contributed by atoms with Crippen molar-refractivity contribution in [3.63, 3.8) is 0 Å². The molecule has 0 aromatic heterocycles. The first-order valence-electron chi connectivity index (χ1n) is 1.47. The molecule has 2 heteroatoms. The van der Waals surface area contributed by atoms with Gasteiger partial charge >= 0.3 is 27.0 Å². The Morgan fingerprint density at radius 2 is 1.83 bits per heavy atom. The predicted molar refractivity (Wildman–Crippen MR) is 26.0 cm³/mol. The molecule has 32 valence electrons. The van der Waals surface area contributed by atoms with Crippen molar-refractivity contribution in [2.45, 2.75) is 6.92 Å². The molecule has 0 rings (SSSR count). The van der Waals surface area contributed by atoms with Gasteiger partial charge in [0.25, 0.3) is 0 Å². The summed E-state index contributed by atoms with van der Waals surface area (Å²) in [5, 5.41) is 0. The van der Waals surface area contributed by atoms with Crippen LogP contribution in [0.15, 0.2) is 12.2 Å². The Morgan fingerprint density at radius 3 is 1.83 bits per heavy atom. The Kier molecular flexibility index (Phi) is 14.8. The first kappa shape index (κ1) is 9.73. The summed E-state index contributed by atoms with van der Waals surface area (Å²) in [5.41, 5.74) is 0.917. The Hall–Kier alpha value is 0.523. The first-order valence-corrected chi connectivity index (χ1v) is 5.37. The van der Waals surface area contributed by atoms with E-state index in [2.05, 4.69) is 13.5 Å². The van der Waals surface area contributed by atoms with E-state index in [-0.39, 0.29) is 0 Å². The van der Waals surface area contributed by atoms with Crippen molar-refractivity contribution >= 4 is 9.69 Å². The number of hydrogen-bond donors (Lipinski definition) is 0. The zero-order valence-corrected chi connectivity index (χ0v) is 7.72. The van der Waals surface area contributed by atoms with Crippen LogP contribution >= 0.6 is 9.69 Å². The van der Waals surface area contributed by atoms with Gasteiger partial charge in [0, 0.05) is 0 Å². The Morgan fingerprint density at radius 1 is 1.83 bits per heavy atom. The minimum atomic E-state index is 0.847. The number of halogens is 1. The summed E-state index contributed by atoms with van der Waals surface area (Å²) in [6, 6.07) is 0. The molecule has 0 bridgehead atoms. The van der Waals surface area contributed by atoms with E-state index in [0.717, 1.165) is 22.9 Å². The molecule has 0 spiro atoms. The molecule has 0 saturated carbocycles. The molecule has 0 unspecified atom stereocenters. The van der Waals surface area contributed by atoms with E-state index in [1.54, 1.807) is 0 Å². The SMILES string of the molecule is C=C([CH2-])C.[Cl][Zn+]. The summed E-state index contributed by atoms with van der Waals surface area (Å²) in [4.78, 5) is 0. The molecular formula is C4H7ClZn. The van der Waals surface area contributed by atoms with Crippen molar-refractivity contribution in [2.24, 2.45) is 0 Å². The van der Waals surface area contributed by atoms with E-state index in [1.165, 1.54) is 0 Å². The number of allylic oxidation sites excluding steroid dienone is 1. The van der Waals surface area contributed by atoms with Gasteiger partial charge in [-0.25, -0.2) is 19.1 Å². The van der Waals surface area contributed by atoms with Crippen molar-refractivity contribution < 1.29 is 17.3 Å².